The maximum absolute atomic E-state index is 5.19. The standard InChI is InChI=1S/C12H14BrN5O/c1-3-6-18-12(15-16-17-18)14-8-9-4-5-11(19-2)10(13)7-9/h3-5,7H,1,6,8H2,2H3,(H,14,15,17). The van der Waals surface area contributed by atoms with Crippen molar-refractivity contribution < 1.29 is 4.74 Å². The first kappa shape index (κ1) is 13.5. The van der Waals surface area contributed by atoms with Crippen LogP contribution in [0.3, 0.4) is 0 Å². The fourth-order valence-corrected chi connectivity index (χ4v) is 2.17. The van der Waals surface area contributed by atoms with E-state index in [2.05, 4.69) is 43.4 Å². The maximum Gasteiger partial charge on any atom is 0.243 e. The van der Waals surface area contributed by atoms with Gasteiger partial charge in [0.25, 0.3) is 0 Å². The number of nitrogens with one attached hydrogen (secondary N) is 1. The van der Waals surface area contributed by atoms with Crippen molar-refractivity contribution >= 4 is 21.9 Å². The molecule has 0 radical (unpaired) electrons. The van der Waals surface area contributed by atoms with Crippen LogP contribution in [0.5, 0.6) is 5.75 Å². The second kappa shape index (κ2) is 6.33. The SMILES string of the molecule is C=CCn1nnnc1NCc1ccc(OC)c(Br)c1. The number of nitrogens with zero attached hydrogens (tertiary/aromatic N) is 4. The van der Waals surface area contributed by atoms with Gasteiger partial charge in [0.05, 0.1) is 18.1 Å². The lowest BCUT2D eigenvalue weighted by atomic mass is 10.2. The van der Waals surface area contributed by atoms with E-state index in [0.717, 1.165) is 15.8 Å². The first-order chi connectivity index (χ1) is 9.24. The normalized spacial score (nSPS) is 10.2. The summed E-state index contributed by atoms with van der Waals surface area (Å²) in [7, 11) is 1.64. The molecule has 0 atom stereocenters. The Kier molecular flexibility index (Phi) is 4.51. The summed E-state index contributed by atoms with van der Waals surface area (Å²) >= 11 is 3.45. The lowest BCUT2D eigenvalue weighted by molar-refractivity contribution is 0.412. The molecule has 0 saturated heterocycles. The van der Waals surface area contributed by atoms with Gasteiger partial charge in [0.15, 0.2) is 0 Å². The van der Waals surface area contributed by atoms with Crippen molar-refractivity contribution in [3.63, 3.8) is 0 Å². The van der Waals surface area contributed by atoms with E-state index in [1.807, 2.05) is 18.2 Å². The highest BCUT2D eigenvalue weighted by atomic mass is 79.9. The second-order valence-electron chi connectivity index (χ2n) is 3.80. The van der Waals surface area contributed by atoms with Crippen LogP contribution in [0.1, 0.15) is 5.56 Å². The summed E-state index contributed by atoms with van der Waals surface area (Å²) in [6.45, 7) is 4.86. The summed E-state index contributed by atoms with van der Waals surface area (Å²) in [5.41, 5.74) is 1.10. The van der Waals surface area contributed by atoms with Crippen LogP contribution in [0, 0.1) is 0 Å². The molecule has 7 heteroatoms. The third kappa shape index (κ3) is 3.31. The minimum atomic E-state index is 0.571. The molecule has 1 heterocycles. The van der Waals surface area contributed by atoms with Gasteiger partial charge in [-0.3, -0.25) is 0 Å². The Labute approximate surface area is 119 Å². The molecule has 0 aliphatic carbocycles. The van der Waals surface area contributed by atoms with E-state index in [-0.39, 0.29) is 0 Å². The Hall–Kier alpha value is -1.89. The van der Waals surface area contributed by atoms with Gasteiger partial charge < -0.3 is 10.1 Å². The van der Waals surface area contributed by atoms with Gasteiger partial charge in [-0.25, -0.2) is 4.68 Å². The Morgan fingerprint density at radius 3 is 3.05 bits per heavy atom. The fourth-order valence-electron chi connectivity index (χ4n) is 1.58. The molecule has 2 aromatic rings. The van der Waals surface area contributed by atoms with E-state index in [0.29, 0.717) is 19.0 Å². The van der Waals surface area contributed by atoms with Gasteiger partial charge in [-0.05, 0) is 44.1 Å². The molecule has 0 spiro atoms. The molecule has 6 nitrogen and oxygen atoms in total. The van der Waals surface area contributed by atoms with Gasteiger partial charge >= 0.3 is 0 Å². The highest BCUT2D eigenvalue weighted by Gasteiger charge is 2.05. The van der Waals surface area contributed by atoms with Gasteiger partial charge in [0, 0.05) is 6.54 Å². The molecular weight excluding hydrogens is 310 g/mol. The van der Waals surface area contributed by atoms with Crippen LogP contribution in [0.25, 0.3) is 0 Å². The van der Waals surface area contributed by atoms with E-state index < -0.39 is 0 Å². The number of hydrogen-bond donors (Lipinski definition) is 1. The highest BCUT2D eigenvalue weighted by molar-refractivity contribution is 9.10. The van der Waals surface area contributed by atoms with Crippen molar-refractivity contribution in [3.05, 3.63) is 40.9 Å². The molecule has 2 rings (SSSR count). The molecule has 0 unspecified atom stereocenters. The number of tetrazole rings is 1. The summed E-state index contributed by atoms with van der Waals surface area (Å²) in [4.78, 5) is 0. The topological polar surface area (TPSA) is 64.9 Å². The molecule has 0 aliphatic heterocycles. The van der Waals surface area contributed by atoms with Crippen LogP contribution in [0.15, 0.2) is 35.3 Å². The zero-order valence-electron chi connectivity index (χ0n) is 10.5. The molecule has 19 heavy (non-hydrogen) atoms. The van der Waals surface area contributed by atoms with Crippen LogP contribution in [-0.4, -0.2) is 27.3 Å². The van der Waals surface area contributed by atoms with E-state index in [4.69, 9.17) is 4.74 Å². The molecule has 0 aliphatic rings. The van der Waals surface area contributed by atoms with Crippen molar-refractivity contribution in [2.24, 2.45) is 0 Å². The number of allylic oxidation sites excluding steroid dienone is 1. The first-order valence-corrected chi connectivity index (χ1v) is 6.47. The van der Waals surface area contributed by atoms with Crippen molar-refractivity contribution in [2.45, 2.75) is 13.1 Å². The molecule has 1 N–H and O–H groups in total. The molecule has 100 valence electrons. The summed E-state index contributed by atoms with van der Waals surface area (Å²) in [6.07, 6.45) is 1.74. The monoisotopic (exact) mass is 323 g/mol. The second-order valence-corrected chi connectivity index (χ2v) is 4.65. The van der Waals surface area contributed by atoms with E-state index in [9.17, 15) is 0 Å². The molecule has 0 bridgehead atoms. The molecule has 1 aromatic carbocycles. The van der Waals surface area contributed by atoms with Crippen LogP contribution >= 0.6 is 15.9 Å². The summed E-state index contributed by atoms with van der Waals surface area (Å²) in [6, 6.07) is 5.89. The van der Waals surface area contributed by atoms with Crippen molar-refractivity contribution in [1.29, 1.82) is 0 Å². The zero-order valence-corrected chi connectivity index (χ0v) is 12.1. The van der Waals surface area contributed by atoms with Crippen LogP contribution < -0.4 is 10.1 Å². The quantitative estimate of drug-likeness (QED) is 0.826. The fraction of sp³-hybridized carbons (Fsp3) is 0.250. The smallest absolute Gasteiger partial charge is 0.243 e. The number of ether oxygens (including phenoxy) is 1. The molecule has 0 fully saturated rings. The van der Waals surface area contributed by atoms with Crippen LogP contribution in [0.4, 0.5) is 5.95 Å². The Morgan fingerprint density at radius 2 is 2.37 bits per heavy atom. The number of benzene rings is 1. The maximum atomic E-state index is 5.19. The van der Waals surface area contributed by atoms with Gasteiger partial charge in [0.1, 0.15) is 5.75 Å². The van der Waals surface area contributed by atoms with Crippen molar-refractivity contribution in [1.82, 2.24) is 20.2 Å². The predicted octanol–water partition coefficient (Wildman–Crippen LogP) is 2.24. The van der Waals surface area contributed by atoms with Crippen molar-refractivity contribution in [2.75, 3.05) is 12.4 Å². The average molecular weight is 324 g/mol. The largest absolute Gasteiger partial charge is 0.496 e. The molecular formula is C12H14BrN5O. The van der Waals surface area contributed by atoms with Gasteiger partial charge in [-0.15, -0.1) is 6.58 Å². The molecule has 0 saturated carbocycles. The summed E-state index contributed by atoms with van der Waals surface area (Å²) in [5.74, 6) is 1.42. The lowest BCUT2D eigenvalue weighted by Gasteiger charge is -2.08. The lowest BCUT2D eigenvalue weighted by Crippen LogP contribution is -2.08. The number of methoxy groups -OCH3 is 1. The third-order valence-electron chi connectivity index (χ3n) is 2.50. The summed E-state index contributed by atoms with van der Waals surface area (Å²) in [5, 5.41) is 14.6. The number of hydrogen-bond acceptors (Lipinski definition) is 5. The number of halogens is 1. The Bertz CT molecular complexity index is 569. The number of rotatable bonds is 6. The Balaban J connectivity index is 2.04. The average Bonchev–Trinajstić information content (AvgIpc) is 2.84. The third-order valence-corrected chi connectivity index (χ3v) is 3.12. The summed E-state index contributed by atoms with van der Waals surface area (Å²) < 4.78 is 7.75. The molecule has 1 aromatic heterocycles. The number of aromatic nitrogens is 4. The highest BCUT2D eigenvalue weighted by Crippen LogP contribution is 2.25. The minimum Gasteiger partial charge on any atom is -0.496 e. The first-order valence-electron chi connectivity index (χ1n) is 5.68. The predicted molar refractivity (Wildman–Crippen MR) is 76.0 cm³/mol. The van der Waals surface area contributed by atoms with Crippen LogP contribution in [0.2, 0.25) is 0 Å². The number of anilines is 1. The molecule has 0 amide bonds. The van der Waals surface area contributed by atoms with E-state index >= 15 is 0 Å². The Morgan fingerprint density at radius 1 is 1.53 bits per heavy atom. The van der Waals surface area contributed by atoms with Gasteiger partial charge in [0.2, 0.25) is 5.95 Å². The minimum absolute atomic E-state index is 0.571. The van der Waals surface area contributed by atoms with Crippen LogP contribution in [-0.2, 0) is 13.1 Å². The van der Waals surface area contributed by atoms with E-state index in [1.54, 1.807) is 17.9 Å². The zero-order chi connectivity index (χ0) is 13.7. The van der Waals surface area contributed by atoms with Gasteiger partial charge in [-0.2, -0.15) is 0 Å². The van der Waals surface area contributed by atoms with E-state index in [1.165, 1.54) is 0 Å². The van der Waals surface area contributed by atoms with Gasteiger partial charge in [-0.1, -0.05) is 17.2 Å². The van der Waals surface area contributed by atoms with Crippen molar-refractivity contribution in [3.8, 4) is 5.75 Å².